The van der Waals surface area contributed by atoms with Gasteiger partial charge in [-0.1, -0.05) is 38.8 Å². The molecule has 1 amide bonds. The van der Waals surface area contributed by atoms with Gasteiger partial charge in [-0.3, -0.25) is 4.79 Å². The fraction of sp³-hybridized carbons (Fsp3) is 0.611. The van der Waals surface area contributed by atoms with E-state index in [1.54, 1.807) is 0 Å². The molecule has 1 heterocycles. The van der Waals surface area contributed by atoms with Gasteiger partial charge in [-0.2, -0.15) is 0 Å². The van der Waals surface area contributed by atoms with Crippen LogP contribution in [-0.4, -0.2) is 23.4 Å². The van der Waals surface area contributed by atoms with Crippen LogP contribution in [0.3, 0.4) is 0 Å². The highest BCUT2D eigenvalue weighted by atomic mass is 16.2. The molecular weight excluding hydrogens is 260 g/mol. The molecule has 1 unspecified atom stereocenters. The van der Waals surface area contributed by atoms with E-state index in [0.29, 0.717) is 12.5 Å². The minimum absolute atomic E-state index is 0.156. The Kier molecular flexibility index (Phi) is 4.92. The van der Waals surface area contributed by atoms with Crippen molar-refractivity contribution in [2.24, 2.45) is 0 Å². The zero-order chi connectivity index (χ0) is 15.5. The number of carbonyl (C=O) groups is 1. The maximum absolute atomic E-state index is 12.7. The quantitative estimate of drug-likeness (QED) is 0.861. The van der Waals surface area contributed by atoms with Gasteiger partial charge in [-0.25, -0.2) is 0 Å². The van der Waals surface area contributed by atoms with Crippen molar-refractivity contribution < 1.29 is 4.79 Å². The summed E-state index contributed by atoms with van der Waals surface area (Å²) in [6.45, 7) is 7.37. The number of amides is 1. The monoisotopic (exact) mass is 288 g/mol. The lowest BCUT2D eigenvalue weighted by Crippen LogP contribution is -2.41. The van der Waals surface area contributed by atoms with Gasteiger partial charge in [-0.05, 0) is 42.9 Å². The van der Waals surface area contributed by atoms with Crippen LogP contribution < -0.4 is 5.73 Å². The van der Waals surface area contributed by atoms with Gasteiger partial charge in [0.15, 0.2) is 0 Å². The molecule has 3 nitrogen and oxygen atoms in total. The zero-order valence-corrected chi connectivity index (χ0v) is 13.6. The van der Waals surface area contributed by atoms with E-state index in [2.05, 4.69) is 25.7 Å². The molecule has 0 aliphatic carbocycles. The molecule has 0 saturated carbocycles. The Balaban J connectivity index is 2.07. The Hall–Kier alpha value is -1.51. The highest BCUT2D eigenvalue weighted by Crippen LogP contribution is 2.29. The average molecular weight is 288 g/mol. The Morgan fingerprint density at radius 3 is 2.57 bits per heavy atom. The van der Waals surface area contributed by atoms with E-state index in [4.69, 9.17) is 5.73 Å². The Morgan fingerprint density at radius 1 is 1.24 bits per heavy atom. The number of hydrogen-bond acceptors (Lipinski definition) is 2. The average Bonchev–Trinajstić information content (AvgIpc) is 2.63. The fourth-order valence-electron chi connectivity index (χ4n) is 3.16. The van der Waals surface area contributed by atoms with Gasteiger partial charge in [0.05, 0.1) is 0 Å². The van der Waals surface area contributed by atoms with Crippen molar-refractivity contribution in [1.29, 1.82) is 0 Å². The van der Waals surface area contributed by atoms with Crippen LogP contribution in [0.25, 0.3) is 0 Å². The van der Waals surface area contributed by atoms with Crippen molar-refractivity contribution in [3.05, 3.63) is 29.8 Å². The molecule has 1 aliphatic rings. The van der Waals surface area contributed by atoms with Gasteiger partial charge < -0.3 is 10.6 Å². The molecule has 1 saturated heterocycles. The normalized spacial score (nSPS) is 20.1. The van der Waals surface area contributed by atoms with Crippen molar-refractivity contribution in [2.45, 2.75) is 64.3 Å². The van der Waals surface area contributed by atoms with E-state index in [1.807, 2.05) is 24.3 Å². The number of hydrogen-bond donors (Lipinski definition) is 1. The van der Waals surface area contributed by atoms with E-state index in [0.717, 1.165) is 25.1 Å². The van der Waals surface area contributed by atoms with Crippen LogP contribution in [0.1, 0.15) is 58.4 Å². The van der Waals surface area contributed by atoms with Crippen LogP contribution in [0, 0.1) is 0 Å². The van der Waals surface area contributed by atoms with Crippen molar-refractivity contribution in [3.63, 3.8) is 0 Å². The largest absolute Gasteiger partial charge is 0.399 e. The molecule has 116 valence electrons. The number of benzene rings is 1. The summed E-state index contributed by atoms with van der Waals surface area (Å²) in [5.74, 6) is 0.284. The van der Waals surface area contributed by atoms with Crippen molar-refractivity contribution in [2.75, 3.05) is 12.3 Å². The second-order valence-corrected chi connectivity index (χ2v) is 6.97. The van der Waals surface area contributed by atoms with Gasteiger partial charge in [0.1, 0.15) is 0 Å². The highest BCUT2D eigenvalue weighted by Gasteiger charge is 2.29. The second-order valence-electron chi connectivity index (χ2n) is 6.97. The summed E-state index contributed by atoms with van der Waals surface area (Å²) in [7, 11) is 0. The third kappa shape index (κ3) is 3.99. The van der Waals surface area contributed by atoms with Crippen LogP contribution in [0.5, 0.6) is 0 Å². The lowest BCUT2D eigenvalue weighted by molar-refractivity contribution is -0.134. The summed E-state index contributed by atoms with van der Waals surface area (Å²) < 4.78 is 0. The van der Waals surface area contributed by atoms with Crippen molar-refractivity contribution in [1.82, 2.24) is 4.90 Å². The molecule has 0 bridgehead atoms. The van der Waals surface area contributed by atoms with Gasteiger partial charge >= 0.3 is 0 Å². The SMILES string of the molecule is CC1CCCCCN1C(=O)CC(C)(C)c1ccc(N)cc1. The molecule has 0 aromatic heterocycles. The zero-order valence-electron chi connectivity index (χ0n) is 13.6. The minimum Gasteiger partial charge on any atom is -0.399 e. The number of rotatable bonds is 3. The Morgan fingerprint density at radius 2 is 1.90 bits per heavy atom. The Labute approximate surface area is 128 Å². The molecule has 1 fully saturated rings. The molecule has 2 rings (SSSR count). The maximum Gasteiger partial charge on any atom is 0.223 e. The molecule has 1 aliphatic heterocycles. The smallest absolute Gasteiger partial charge is 0.223 e. The van der Waals surface area contributed by atoms with E-state index in [1.165, 1.54) is 18.4 Å². The predicted molar refractivity (Wildman–Crippen MR) is 88.1 cm³/mol. The van der Waals surface area contributed by atoms with E-state index in [-0.39, 0.29) is 11.3 Å². The second kappa shape index (κ2) is 6.50. The van der Waals surface area contributed by atoms with Crippen molar-refractivity contribution >= 4 is 11.6 Å². The van der Waals surface area contributed by atoms with Crippen molar-refractivity contribution in [3.8, 4) is 0 Å². The number of likely N-dealkylation sites (tertiary alicyclic amines) is 1. The standard InChI is InChI=1S/C18H28N2O/c1-14-7-5-4-6-12-20(14)17(21)13-18(2,3)15-8-10-16(19)11-9-15/h8-11,14H,4-7,12-13,19H2,1-3H3. The third-order valence-corrected chi connectivity index (χ3v) is 4.66. The summed E-state index contributed by atoms with van der Waals surface area (Å²) in [6.07, 6.45) is 5.31. The molecule has 3 heteroatoms. The number of carbonyl (C=O) groups excluding carboxylic acids is 1. The number of nitrogens with zero attached hydrogens (tertiary/aromatic N) is 1. The van der Waals surface area contributed by atoms with Crippen LogP contribution >= 0.6 is 0 Å². The summed E-state index contributed by atoms with van der Waals surface area (Å²) in [5.41, 5.74) is 7.53. The first-order chi connectivity index (χ1) is 9.90. The summed E-state index contributed by atoms with van der Waals surface area (Å²) >= 11 is 0. The van der Waals surface area contributed by atoms with Gasteiger partial charge in [0.25, 0.3) is 0 Å². The van der Waals surface area contributed by atoms with E-state index >= 15 is 0 Å². The van der Waals surface area contributed by atoms with E-state index < -0.39 is 0 Å². The topological polar surface area (TPSA) is 46.3 Å². The highest BCUT2D eigenvalue weighted by molar-refractivity contribution is 5.78. The van der Waals surface area contributed by atoms with Crippen LogP contribution in [0.15, 0.2) is 24.3 Å². The number of nitrogen functional groups attached to an aromatic ring is 1. The van der Waals surface area contributed by atoms with Gasteiger partial charge in [0, 0.05) is 24.7 Å². The fourth-order valence-corrected chi connectivity index (χ4v) is 3.16. The number of anilines is 1. The molecule has 1 atom stereocenters. The van der Waals surface area contributed by atoms with Crippen LogP contribution in [0.2, 0.25) is 0 Å². The molecule has 21 heavy (non-hydrogen) atoms. The van der Waals surface area contributed by atoms with Crippen LogP contribution in [0.4, 0.5) is 5.69 Å². The lowest BCUT2D eigenvalue weighted by atomic mass is 9.81. The molecule has 0 spiro atoms. The summed E-state index contributed by atoms with van der Waals surface area (Å²) in [4.78, 5) is 14.8. The van der Waals surface area contributed by atoms with E-state index in [9.17, 15) is 4.79 Å². The first-order valence-electron chi connectivity index (χ1n) is 8.05. The summed E-state index contributed by atoms with van der Waals surface area (Å²) in [5, 5.41) is 0. The molecule has 0 radical (unpaired) electrons. The third-order valence-electron chi connectivity index (χ3n) is 4.66. The first-order valence-corrected chi connectivity index (χ1v) is 8.05. The first kappa shape index (κ1) is 15.9. The molecule has 1 aromatic carbocycles. The minimum atomic E-state index is -0.156. The molecule has 2 N–H and O–H groups in total. The summed E-state index contributed by atoms with van der Waals surface area (Å²) in [6, 6.07) is 8.28. The maximum atomic E-state index is 12.7. The lowest BCUT2D eigenvalue weighted by Gasteiger charge is -2.32. The predicted octanol–water partition coefficient (Wildman–Crippen LogP) is 3.73. The van der Waals surface area contributed by atoms with Gasteiger partial charge in [0.2, 0.25) is 5.91 Å². The van der Waals surface area contributed by atoms with Crippen LogP contribution in [-0.2, 0) is 10.2 Å². The Bertz CT molecular complexity index is 478. The van der Waals surface area contributed by atoms with Gasteiger partial charge in [-0.15, -0.1) is 0 Å². The molecular formula is C18H28N2O. The number of nitrogens with two attached hydrogens (primary N) is 1. The molecule has 1 aromatic rings.